The Morgan fingerprint density at radius 1 is 1.00 bits per heavy atom. The van der Waals surface area contributed by atoms with E-state index in [4.69, 9.17) is 26.9 Å². The lowest BCUT2D eigenvalue weighted by molar-refractivity contribution is -0.146. The number of carboxylic acid groups (broad SMARTS) is 2. The topological polar surface area (TPSA) is 112 Å². The number of allylic oxidation sites excluding steroid dienone is 1. The Hall–Kier alpha value is -1.82. The molecule has 6 nitrogen and oxygen atoms in total. The van der Waals surface area contributed by atoms with Crippen molar-refractivity contribution in [3.63, 3.8) is 0 Å². The molecule has 14 heavy (non-hydrogen) atoms. The summed E-state index contributed by atoms with van der Waals surface area (Å²) in [6, 6.07) is 0. The Balaban J connectivity index is 4.78. The third-order valence-electron chi connectivity index (χ3n) is 0.973. The molecular formula is C7H5ClO6. The van der Waals surface area contributed by atoms with E-state index in [9.17, 15) is 14.4 Å². The van der Waals surface area contributed by atoms with E-state index in [1.165, 1.54) is 0 Å². The van der Waals surface area contributed by atoms with Crippen molar-refractivity contribution in [1.29, 1.82) is 0 Å². The zero-order chi connectivity index (χ0) is 11.3. The van der Waals surface area contributed by atoms with E-state index >= 15 is 0 Å². The molecule has 0 spiro atoms. The fourth-order valence-corrected chi connectivity index (χ4v) is 0.585. The largest absolute Gasteiger partial charge is 0.506 e. The monoisotopic (exact) mass is 220 g/mol. The van der Waals surface area contributed by atoms with Crippen molar-refractivity contribution in [1.82, 2.24) is 0 Å². The number of aliphatic hydroxyl groups is 1. The van der Waals surface area contributed by atoms with Gasteiger partial charge in [0.05, 0.1) is 5.03 Å². The summed E-state index contributed by atoms with van der Waals surface area (Å²) < 4.78 is 0. The second kappa shape index (κ2) is 5.03. The molecule has 3 N–H and O–H groups in total. The van der Waals surface area contributed by atoms with Crippen LogP contribution >= 0.6 is 11.6 Å². The van der Waals surface area contributed by atoms with Gasteiger partial charge in [0.1, 0.15) is 5.76 Å². The van der Waals surface area contributed by atoms with E-state index in [1.54, 1.807) is 0 Å². The van der Waals surface area contributed by atoms with Crippen LogP contribution in [0, 0.1) is 0 Å². The van der Waals surface area contributed by atoms with Gasteiger partial charge in [-0.2, -0.15) is 0 Å². The van der Waals surface area contributed by atoms with Gasteiger partial charge in [-0.3, -0.25) is 4.79 Å². The van der Waals surface area contributed by atoms with Crippen LogP contribution in [0.3, 0.4) is 0 Å². The van der Waals surface area contributed by atoms with Crippen LogP contribution in [0.2, 0.25) is 0 Å². The molecule has 0 aliphatic carbocycles. The van der Waals surface area contributed by atoms with Crippen LogP contribution in [0.5, 0.6) is 0 Å². The van der Waals surface area contributed by atoms with E-state index in [1.807, 2.05) is 0 Å². The van der Waals surface area contributed by atoms with Crippen LogP contribution in [0.25, 0.3) is 0 Å². The molecule has 0 aromatic carbocycles. The summed E-state index contributed by atoms with van der Waals surface area (Å²) in [6.45, 7) is 0. The smallest absolute Gasteiger partial charge is 0.376 e. The summed E-state index contributed by atoms with van der Waals surface area (Å²) in [6.07, 6.45) is 0.729. The van der Waals surface area contributed by atoms with Gasteiger partial charge in [-0.15, -0.1) is 0 Å². The molecule has 0 aliphatic heterocycles. The number of aliphatic carboxylic acids is 2. The van der Waals surface area contributed by atoms with Gasteiger partial charge < -0.3 is 15.3 Å². The molecule has 0 aliphatic rings. The SMILES string of the molecule is O=C(O)C=C(Cl)C(O)=CC(=O)C(=O)O. The highest BCUT2D eigenvalue weighted by atomic mass is 35.5. The van der Waals surface area contributed by atoms with Crippen molar-refractivity contribution < 1.29 is 29.7 Å². The minimum absolute atomic E-state index is 0.310. The number of ketones is 1. The number of hydrogen-bond donors (Lipinski definition) is 3. The summed E-state index contributed by atoms with van der Waals surface area (Å²) in [7, 11) is 0. The van der Waals surface area contributed by atoms with Gasteiger partial charge in [-0.1, -0.05) is 11.6 Å². The summed E-state index contributed by atoms with van der Waals surface area (Å²) in [5.41, 5.74) is 0. The van der Waals surface area contributed by atoms with Gasteiger partial charge in [0.15, 0.2) is 0 Å². The van der Waals surface area contributed by atoms with E-state index in [2.05, 4.69) is 0 Å². The molecule has 0 fully saturated rings. The lowest BCUT2D eigenvalue weighted by Gasteiger charge is -1.94. The highest BCUT2D eigenvalue weighted by Crippen LogP contribution is 2.11. The number of halogens is 1. The summed E-state index contributed by atoms with van der Waals surface area (Å²) in [4.78, 5) is 30.5. The average molecular weight is 221 g/mol. The molecule has 0 rings (SSSR count). The molecule has 0 unspecified atom stereocenters. The first-order chi connectivity index (χ1) is 6.34. The maximum Gasteiger partial charge on any atom is 0.376 e. The van der Waals surface area contributed by atoms with Crippen LogP contribution in [0.15, 0.2) is 22.9 Å². The summed E-state index contributed by atoms with van der Waals surface area (Å²) >= 11 is 5.19. The zero-order valence-electron chi connectivity index (χ0n) is 6.60. The van der Waals surface area contributed by atoms with Crippen molar-refractivity contribution in [2.75, 3.05) is 0 Å². The molecule has 0 aromatic heterocycles. The number of carboxylic acids is 2. The average Bonchev–Trinajstić information content (AvgIpc) is 2.02. The molecule has 7 heteroatoms. The van der Waals surface area contributed by atoms with Gasteiger partial charge in [-0.25, -0.2) is 9.59 Å². The lowest BCUT2D eigenvalue weighted by Crippen LogP contribution is -2.09. The second-order valence-corrected chi connectivity index (χ2v) is 2.44. The minimum Gasteiger partial charge on any atom is -0.506 e. The minimum atomic E-state index is -1.78. The van der Waals surface area contributed by atoms with E-state index in [-0.39, 0.29) is 0 Å². The summed E-state index contributed by atoms with van der Waals surface area (Å²) in [5, 5.41) is 24.6. The third kappa shape index (κ3) is 4.27. The molecule has 0 saturated carbocycles. The number of aliphatic hydroxyl groups excluding tert-OH is 1. The highest BCUT2D eigenvalue weighted by molar-refractivity contribution is 6.39. The van der Waals surface area contributed by atoms with E-state index < -0.39 is 28.5 Å². The third-order valence-corrected chi connectivity index (χ3v) is 1.28. The number of carbonyl (C=O) groups is 3. The molecule has 0 radical (unpaired) electrons. The summed E-state index contributed by atoms with van der Waals surface area (Å²) in [5.74, 6) is -5.53. The molecule has 0 amide bonds. The predicted molar refractivity (Wildman–Crippen MR) is 44.9 cm³/mol. The maximum absolute atomic E-state index is 10.5. The molecular weight excluding hydrogens is 216 g/mol. The Kier molecular flexibility index (Phi) is 4.37. The van der Waals surface area contributed by atoms with Gasteiger partial charge in [-0.05, 0) is 0 Å². The molecule has 0 aromatic rings. The number of carbonyl (C=O) groups excluding carboxylic acids is 1. The van der Waals surface area contributed by atoms with Crippen LogP contribution < -0.4 is 0 Å². The van der Waals surface area contributed by atoms with Crippen molar-refractivity contribution in [3.8, 4) is 0 Å². The second-order valence-electron chi connectivity index (χ2n) is 2.03. The fourth-order valence-electron chi connectivity index (χ4n) is 0.437. The van der Waals surface area contributed by atoms with Crippen molar-refractivity contribution in [2.24, 2.45) is 0 Å². The Morgan fingerprint density at radius 3 is 1.86 bits per heavy atom. The first kappa shape index (κ1) is 12.2. The first-order valence-corrected chi connectivity index (χ1v) is 3.50. The molecule has 0 saturated heterocycles. The van der Waals surface area contributed by atoms with Crippen molar-refractivity contribution in [2.45, 2.75) is 0 Å². The van der Waals surface area contributed by atoms with Crippen LogP contribution in [0.1, 0.15) is 0 Å². The standard InChI is InChI=1S/C7H5ClO6/c8-3(1-6(11)12)4(9)2-5(10)7(13)14/h1-2,9H,(H,11,12)(H,13,14). The van der Waals surface area contributed by atoms with Gasteiger partial charge in [0.2, 0.25) is 0 Å². The maximum atomic E-state index is 10.5. The highest BCUT2D eigenvalue weighted by Gasteiger charge is 2.11. The normalized spacial score (nSPS) is 12.4. The van der Waals surface area contributed by atoms with Crippen molar-refractivity contribution in [3.05, 3.63) is 22.9 Å². The Bertz CT molecular complexity index is 340. The van der Waals surface area contributed by atoms with Crippen molar-refractivity contribution >= 4 is 29.3 Å². The quantitative estimate of drug-likeness (QED) is 0.272. The number of rotatable bonds is 4. The number of hydrogen-bond acceptors (Lipinski definition) is 4. The molecule has 0 heterocycles. The molecule has 0 bridgehead atoms. The fraction of sp³-hybridized carbons (Fsp3) is 0. The lowest BCUT2D eigenvalue weighted by atomic mass is 10.3. The van der Waals surface area contributed by atoms with Gasteiger partial charge >= 0.3 is 11.9 Å². The Morgan fingerprint density at radius 2 is 1.50 bits per heavy atom. The van der Waals surface area contributed by atoms with E-state index in [0.29, 0.717) is 12.2 Å². The van der Waals surface area contributed by atoms with Crippen LogP contribution in [-0.2, 0) is 14.4 Å². The first-order valence-electron chi connectivity index (χ1n) is 3.13. The zero-order valence-corrected chi connectivity index (χ0v) is 7.35. The van der Waals surface area contributed by atoms with E-state index in [0.717, 1.165) is 0 Å². The molecule has 0 atom stereocenters. The Labute approximate surface area is 82.7 Å². The molecule has 76 valence electrons. The predicted octanol–water partition coefficient (Wildman–Crippen LogP) is 0.289. The van der Waals surface area contributed by atoms with Gasteiger partial charge in [0, 0.05) is 12.2 Å². The van der Waals surface area contributed by atoms with Gasteiger partial charge in [0.25, 0.3) is 5.78 Å². The van der Waals surface area contributed by atoms with Crippen LogP contribution in [-0.4, -0.2) is 33.0 Å². The van der Waals surface area contributed by atoms with Crippen LogP contribution in [0.4, 0.5) is 0 Å².